The monoisotopic (exact) mass is 372 g/mol. The molecule has 0 aliphatic rings. The van der Waals surface area contributed by atoms with E-state index in [0.717, 1.165) is 6.07 Å². The normalized spacial score (nSPS) is 11.9. The van der Waals surface area contributed by atoms with E-state index in [9.17, 15) is 17.6 Å². The number of aryl methyl sites for hydroxylation is 1. The van der Waals surface area contributed by atoms with Crippen LogP contribution < -0.4 is 0 Å². The number of para-hydroxylation sites is 2. The van der Waals surface area contributed by atoms with E-state index in [-0.39, 0.29) is 11.6 Å². The third-order valence-corrected chi connectivity index (χ3v) is 4.07. The summed E-state index contributed by atoms with van der Waals surface area (Å²) in [6.45, 7) is 1.67. The lowest BCUT2D eigenvalue weighted by Crippen LogP contribution is -2.13. The maximum atomic E-state index is 13.4. The highest BCUT2D eigenvalue weighted by atomic mass is 19.4. The number of hydrogen-bond acceptors (Lipinski definition) is 3. The van der Waals surface area contributed by atoms with E-state index in [4.69, 9.17) is 0 Å². The van der Waals surface area contributed by atoms with Crippen molar-refractivity contribution in [1.82, 2.24) is 19.5 Å². The molecule has 4 aromatic rings. The van der Waals surface area contributed by atoms with Gasteiger partial charge in [0.05, 0.1) is 16.7 Å². The molecule has 2 aromatic carbocycles. The van der Waals surface area contributed by atoms with Crippen molar-refractivity contribution in [1.29, 1.82) is 0 Å². The van der Waals surface area contributed by atoms with Crippen molar-refractivity contribution < 1.29 is 17.6 Å². The lowest BCUT2D eigenvalue weighted by atomic mass is 10.1. The Labute approximate surface area is 151 Å². The van der Waals surface area contributed by atoms with E-state index in [2.05, 4.69) is 15.0 Å². The Morgan fingerprint density at radius 2 is 1.59 bits per heavy atom. The molecule has 0 aliphatic carbocycles. The van der Waals surface area contributed by atoms with Crippen LogP contribution in [0.5, 0.6) is 0 Å². The average molecular weight is 372 g/mol. The fourth-order valence-electron chi connectivity index (χ4n) is 2.85. The Morgan fingerprint density at radius 1 is 0.889 bits per heavy atom. The largest absolute Gasteiger partial charge is 0.433 e. The van der Waals surface area contributed by atoms with Gasteiger partial charge in [0.2, 0.25) is 5.95 Å². The summed E-state index contributed by atoms with van der Waals surface area (Å²) >= 11 is 0. The molecule has 136 valence electrons. The lowest BCUT2D eigenvalue weighted by Gasteiger charge is -2.12. The van der Waals surface area contributed by atoms with Gasteiger partial charge in [0.1, 0.15) is 11.6 Å². The summed E-state index contributed by atoms with van der Waals surface area (Å²) in [5.41, 5.74) is 0.542. The number of alkyl halides is 3. The molecule has 2 aromatic heterocycles. The number of benzene rings is 2. The highest BCUT2D eigenvalue weighted by molar-refractivity contribution is 5.77. The number of aromatic nitrogens is 4. The van der Waals surface area contributed by atoms with E-state index in [1.165, 1.54) is 28.8 Å². The first-order valence-corrected chi connectivity index (χ1v) is 7.99. The van der Waals surface area contributed by atoms with Crippen molar-refractivity contribution >= 4 is 11.0 Å². The highest BCUT2D eigenvalue weighted by Gasteiger charge is 2.34. The molecule has 8 heteroatoms. The van der Waals surface area contributed by atoms with Gasteiger partial charge in [-0.25, -0.2) is 19.3 Å². The molecule has 0 unspecified atom stereocenters. The standard InChI is InChI=1S/C19H12F4N4/c1-11-24-14-4-2-3-5-16(14)27(11)18-25-15(10-17(26-18)19(21,22)23)12-6-8-13(20)9-7-12/h2-10H,1H3. The minimum Gasteiger partial charge on any atom is -0.264 e. The average Bonchev–Trinajstić information content (AvgIpc) is 2.97. The quantitative estimate of drug-likeness (QED) is 0.468. The van der Waals surface area contributed by atoms with Crippen LogP contribution in [0.1, 0.15) is 11.5 Å². The number of nitrogens with zero attached hydrogens (tertiary/aromatic N) is 4. The van der Waals surface area contributed by atoms with Crippen molar-refractivity contribution in [3.05, 3.63) is 71.9 Å². The van der Waals surface area contributed by atoms with Crippen LogP contribution in [0.15, 0.2) is 54.6 Å². The topological polar surface area (TPSA) is 43.6 Å². The van der Waals surface area contributed by atoms with Crippen LogP contribution in [0.2, 0.25) is 0 Å². The molecule has 0 bridgehead atoms. The molecule has 0 spiro atoms. The second-order valence-corrected chi connectivity index (χ2v) is 5.93. The van der Waals surface area contributed by atoms with Crippen LogP contribution >= 0.6 is 0 Å². The van der Waals surface area contributed by atoms with Crippen molar-refractivity contribution in [2.24, 2.45) is 0 Å². The molecule has 0 aliphatic heterocycles. The molecule has 4 nitrogen and oxygen atoms in total. The van der Waals surface area contributed by atoms with Crippen LogP contribution in [-0.2, 0) is 6.18 Å². The van der Waals surface area contributed by atoms with Crippen molar-refractivity contribution in [3.63, 3.8) is 0 Å². The minimum atomic E-state index is -4.66. The van der Waals surface area contributed by atoms with E-state index in [0.29, 0.717) is 22.4 Å². The van der Waals surface area contributed by atoms with Crippen molar-refractivity contribution in [3.8, 4) is 17.2 Å². The molecule has 0 saturated heterocycles. The molecule has 0 saturated carbocycles. The zero-order chi connectivity index (χ0) is 19.2. The number of rotatable bonds is 2. The minimum absolute atomic E-state index is 0.0458. The first kappa shape index (κ1) is 17.1. The molecular weight excluding hydrogens is 360 g/mol. The summed E-state index contributed by atoms with van der Waals surface area (Å²) < 4.78 is 54.9. The Balaban J connectivity index is 1.98. The van der Waals surface area contributed by atoms with Gasteiger partial charge in [0.15, 0.2) is 5.69 Å². The van der Waals surface area contributed by atoms with Crippen LogP contribution in [0.4, 0.5) is 17.6 Å². The van der Waals surface area contributed by atoms with Gasteiger partial charge in [-0.1, -0.05) is 12.1 Å². The second-order valence-electron chi connectivity index (χ2n) is 5.93. The van der Waals surface area contributed by atoms with Crippen LogP contribution in [0.3, 0.4) is 0 Å². The summed E-state index contributed by atoms with van der Waals surface area (Å²) in [5.74, 6) is -0.170. The predicted molar refractivity (Wildman–Crippen MR) is 91.8 cm³/mol. The Bertz CT molecular complexity index is 1130. The Hall–Kier alpha value is -3.29. The van der Waals surface area contributed by atoms with Crippen LogP contribution in [-0.4, -0.2) is 19.5 Å². The number of halogens is 4. The first-order chi connectivity index (χ1) is 12.8. The maximum Gasteiger partial charge on any atom is 0.433 e. The molecular formula is C19H12F4N4. The number of hydrogen-bond donors (Lipinski definition) is 0. The second kappa shape index (κ2) is 6.15. The number of imidazole rings is 1. The third kappa shape index (κ3) is 3.14. The summed E-state index contributed by atoms with van der Waals surface area (Å²) in [7, 11) is 0. The van der Waals surface area contributed by atoms with Gasteiger partial charge in [-0.3, -0.25) is 4.57 Å². The van der Waals surface area contributed by atoms with E-state index < -0.39 is 17.7 Å². The molecule has 4 rings (SSSR count). The van der Waals surface area contributed by atoms with Gasteiger partial charge in [0.25, 0.3) is 0 Å². The maximum absolute atomic E-state index is 13.4. The summed E-state index contributed by atoms with van der Waals surface area (Å²) in [6, 6.07) is 13.0. The molecule has 0 amide bonds. The predicted octanol–water partition coefficient (Wildman–Crippen LogP) is 4.95. The van der Waals surface area contributed by atoms with Gasteiger partial charge in [-0.05, 0) is 49.4 Å². The van der Waals surface area contributed by atoms with Gasteiger partial charge >= 0.3 is 6.18 Å². The van der Waals surface area contributed by atoms with E-state index in [1.807, 2.05) is 0 Å². The Morgan fingerprint density at radius 3 is 2.30 bits per heavy atom. The fraction of sp³-hybridized carbons (Fsp3) is 0.105. The molecule has 0 fully saturated rings. The molecule has 0 atom stereocenters. The molecule has 2 heterocycles. The summed E-state index contributed by atoms with van der Waals surface area (Å²) in [4.78, 5) is 12.4. The smallest absolute Gasteiger partial charge is 0.264 e. The SMILES string of the molecule is Cc1nc2ccccc2n1-c1nc(-c2ccc(F)cc2)cc(C(F)(F)F)n1. The summed E-state index contributed by atoms with van der Waals surface area (Å²) in [5, 5.41) is 0. The summed E-state index contributed by atoms with van der Waals surface area (Å²) in [6.07, 6.45) is -4.66. The van der Waals surface area contributed by atoms with Gasteiger partial charge in [0, 0.05) is 5.56 Å². The van der Waals surface area contributed by atoms with Crippen LogP contribution in [0, 0.1) is 12.7 Å². The molecule has 0 radical (unpaired) electrons. The van der Waals surface area contributed by atoms with Crippen molar-refractivity contribution in [2.75, 3.05) is 0 Å². The Kier molecular flexibility index (Phi) is 3.91. The first-order valence-electron chi connectivity index (χ1n) is 7.99. The van der Waals surface area contributed by atoms with E-state index in [1.54, 1.807) is 31.2 Å². The van der Waals surface area contributed by atoms with Gasteiger partial charge in [-0.15, -0.1) is 0 Å². The zero-order valence-corrected chi connectivity index (χ0v) is 14.0. The molecule has 27 heavy (non-hydrogen) atoms. The molecule has 0 N–H and O–H groups in total. The zero-order valence-electron chi connectivity index (χ0n) is 14.0. The number of fused-ring (bicyclic) bond motifs is 1. The highest BCUT2D eigenvalue weighted by Crippen LogP contribution is 2.31. The van der Waals surface area contributed by atoms with Gasteiger partial charge in [-0.2, -0.15) is 13.2 Å². The van der Waals surface area contributed by atoms with E-state index >= 15 is 0 Å². The fourth-order valence-corrected chi connectivity index (χ4v) is 2.85. The van der Waals surface area contributed by atoms with Gasteiger partial charge < -0.3 is 0 Å². The third-order valence-electron chi connectivity index (χ3n) is 4.07. The van der Waals surface area contributed by atoms with Crippen molar-refractivity contribution in [2.45, 2.75) is 13.1 Å². The van der Waals surface area contributed by atoms with Crippen LogP contribution in [0.25, 0.3) is 28.2 Å². The lowest BCUT2D eigenvalue weighted by molar-refractivity contribution is -0.141.